The van der Waals surface area contributed by atoms with Gasteiger partial charge in [-0.3, -0.25) is 9.68 Å². The highest BCUT2D eigenvalue weighted by Gasteiger charge is 2.05. The van der Waals surface area contributed by atoms with Crippen LogP contribution in [0.4, 0.5) is 5.69 Å². The SMILES string of the molecule is CON(OC)c1ccccc1C. The highest BCUT2D eigenvalue weighted by atomic mass is 16.9. The Morgan fingerprint density at radius 1 is 1.08 bits per heavy atom. The minimum absolute atomic E-state index is 0.919. The second-order valence-corrected chi connectivity index (χ2v) is 2.41. The molecule has 66 valence electrons. The van der Waals surface area contributed by atoms with Gasteiger partial charge in [0.05, 0.1) is 19.9 Å². The van der Waals surface area contributed by atoms with Crippen LogP contribution in [0.5, 0.6) is 0 Å². The first kappa shape index (κ1) is 9.03. The first-order chi connectivity index (χ1) is 5.79. The fraction of sp³-hybridized carbons (Fsp3) is 0.333. The first-order valence-electron chi connectivity index (χ1n) is 3.73. The minimum atomic E-state index is 0.919. The number of benzene rings is 1. The number of anilines is 1. The molecule has 3 nitrogen and oxygen atoms in total. The van der Waals surface area contributed by atoms with Gasteiger partial charge in [-0.15, -0.1) is 5.23 Å². The van der Waals surface area contributed by atoms with Crippen LogP contribution in [0.25, 0.3) is 0 Å². The van der Waals surface area contributed by atoms with Gasteiger partial charge in [0.25, 0.3) is 0 Å². The van der Waals surface area contributed by atoms with Crippen LogP contribution in [0.3, 0.4) is 0 Å². The first-order valence-corrected chi connectivity index (χ1v) is 3.73. The van der Waals surface area contributed by atoms with E-state index in [2.05, 4.69) is 0 Å². The van der Waals surface area contributed by atoms with Crippen LogP contribution in [0.15, 0.2) is 24.3 Å². The summed E-state index contributed by atoms with van der Waals surface area (Å²) >= 11 is 0. The quantitative estimate of drug-likeness (QED) is 0.642. The van der Waals surface area contributed by atoms with E-state index in [0.29, 0.717) is 0 Å². The predicted octanol–water partition coefficient (Wildman–Crippen LogP) is 1.92. The average Bonchev–Trinajstić information content (AvgIpc) is 2.10. The van der Waals surface area contributed by atoms with E-state index >= 15 is 0 Å². The second kappa shape index (κ2) is 4.09. The topological polar surface area (TPSA) is 21.7 Å². The van der Waals surface area contributed by atoms with E-state index in [1.54, 1.807) is 14.2 Å². The number of hydrogen-bond donors (Lipinski definition) is 0. The van der Waals surface area contributed by atoms with E-state index in [1.807, 2.05) is 31.2 Å². The Balaban J connectivity index is 2.92. The average molecular weight is 167 g/mol. The van der Waals surface area contributed by atoms with Crippen molar-refractivity contribution >= 4 is 5.69 Å². The Kier molecular flexibility index (Phi) is 3.08. The van der Waals surface area contributed by atoms with Crippen molar-refractivity contribution < 1.29 is 9.68 Å². The Bertz CT molecular complexity index is 246. The minimum Gasteiger partial charge on any atom is -0.252 e. The van der Waals surface area contributed by atoms with Gasteiger partial charge in [-0.05, 0) is 18.6 Å². The van der Waals surface area contributed by atoms with Crippen molar-refractivity contribution in [3.05, 3.63) is 29.8 Å². The maximum Gasteiger partial charge on any atom is 0.0976 e. The fourth-order valence-corrected chi connectivity index (χ4v) is 1.04. The molecule has 0 amide bonds. The Hall–Kier alpha value is -1.06. The summed E-state index contributed by atoms with van der Waals surface area (Å²) in [6.45, 7) is 2.00. The Morgan fingerprint density at radius 2 is 1.67 bits per heavy atom. The van der Waals surface area contributed by atoms with E-state index in [-0.39, 0.29) is 0 Å². The maximum absolute atomic E-state index is 4.98. The van der Waals surface area contributed by atoms with Gasteiger partial charge in [-0.25, -0.2) is 0 Å². The molecule has 0 spiro atoms. The lowest BCUT2D eigenvalue weighted by atomic mass is 10.2. The summed E-state index contributed by atoms with van der Waals surface area (Å²) in [5.74, 6) is 0. The van der Waals surface area contributed by atoms with Crippen molar-refractivity contribution in [1.29, 1.82) is 0 Å². The molecule has 0 saturated carbocycles. The van der Waals surface area contributed by atoms with Crippen LogP contribution in [0.1, 0.15) is 5.56 Å². The normalized spacial score (nSPS) is 9.92. The Labute approximate surface area is 72.4 Å². The summed E-state index contributed by atoms with van der Waals surface area (Å²) in [5, 5.41) is 1.37. The van der Waals surface area contributed by atoms with Crippen LogP contribution in [-0.2, 0) is 9.68 Å². The van der Waals surface area contributed by atoms with Gasteiger partial charge in [-0.1, -0.05) is 18.2 Å². The van der Waals surface area contributed by atoms with Crippen molar-refractivity contribution in [3.63, 3.8) is 0 Å². The van der Waals surface area contributed by atoms with E-state index in [1.165, 1.54) is 5.23 Å². The van der Waals surface area contributed by atoms with E-state index in [0.717, 1.165) is 11.3 Å². The van der Waals surface area contributed by atoms with E-state index in [4.69, 9.17) is 9.68 Å². The van der Waals surface area contributed by atoms with Gasteiger partial charge in [0.2, 0.25) is 0 Å². The van der Waals surface area contributed by atoms with Crippen LogP contribution < -0.4 is 5.23 Å². The smallest absolute Gasteiger partial charge is 0.0976 e. The third kappa shape index (κ3) is 1.75. The molecule has 0 aliphatic rings. The predicted molar refractivity (Wildman–Crippen MR) is 47.7 cm³/mol. The molecule has 1 aromatic rings. The summed E-state index contributed by atoms with van der Waals surface area (Å²) in [6.07, 6.45) is 0. The standard InChI is InChI=1S/C9H13NO2/c1-8-6-4-5-7-9(8)10(11-2)12-3/h4-7H,1-3H3. The Morgan fingerprint density at radius 3 is 2.17 bits per heavy atom. The van der Waals surface area contributed by atoms with Crippen LogP contribution in [0, 0.1) is 6.92 Å². The molecule has 0 unspecified atom stereocenters. The third-order valence-electron chi connectivity index (χ3n) is 1.64. The molecule has 0 aliphatic heterocycles. The zero-order valence-corrected chi connectivity index (χ0v) is 7.57. The number of nitrogens with zero attached hydrogens (tertiary/aromatic N) is 1. The molecule has 0 aromatic heterocycles. The van der Waals surface area contributed by atoms with E-state index in [9.17, 15) is 0 Å². The maximum atomic E-state index is 4.98. The van der Waals surface area contributed by atoms with Gasteiger partial charge in [-0.2, -0.15) is 0 Å². The molecule has 0 fully saturated rings. The summed E-state index contributed by atoms with van der Waals surface area (Å²) in [7, 11) is 3.13. The van der Waals surface area contributed by atoms with Gasteiger partial charge in [0, 0.05) is 0 Å². The van der Waals surface area contributed by atoms with Crippen LogP contribution in [-0.4, -0.2) is 14.2 Å². The lowest BCUT2D eigenvalue weighted by Gasteiger charge is -2.19. The summed E-state index contributed by atoms with van der Waals surface area (Å²) in [6, 6.07) is 7.85. The monoisotopic (exact) mass is 167 g/mol. The molecule has 0 radical (unpaired) electrons. The number of rotatable bonds is 3. The van der Waals surface area contributed by atoms with Crippen molar-refractivity contribution in [2.75, 3.05) is 19.4 Å². The lowest BCUT2D eigenvalue weighted by Crippen LogP contribution is -2.20. The molecule has 1 rings (SSSR count). The van der Waals surface area contributed by atoms with Crippen LogP contribution in [0.2, 0.25) is 0 Å². The third-order valence-corrected chi connectivity index (χ3v) is 1.64. The highest BCUT2D eigenvalue weighted by molar-refractivity contribution is 5.48. The largest absolute Gasteiger partial charge is 0.252 e. The molecular weight excluding hydrogens is 154 g/mol. The molecule has 0 bridgehead atoms. The molecule has 0 heterocycles. The van der Waals surface area contributed by atoms with Crippen molar-refractivity contribution in [3.8, 4) is 0 Å². The highest BCUT2D eigenvalue weighted by Crippen LogP contribution is 2.18. The fourth-order valence-electron chi connectivity index (χ4n) is 1.04. The lowest BCUT2D eigenvalue weighted by molar-refractivity contribution is -0.0435. The van der Waals surface area contributed by atoms with Crippen molar-refractivity contribution in [2.24, 2.45) is 0 Å². The van der Waals surface area contributed by atoms with Crippen molar-refractivity contribution in [1.82, 2.24) is 0 Å². The van der Waals surface area contributed by atoms with Crippen LogP contribution >= 0.6 is 0 Å². The molecule has 1 aromatic carbocycles. The number of aryl methyl sites for hydroxylation is 1. The molecular formula is C9H13NO2. The second-order valence-electron chi connectivity index (χ2n) is 2.41. The van der Waals surface area contributed by atoms with E-state index < -0.39 is 0 Å². The molecule has 3 heteroatoms. The number of hydrogen-bond acceptors (Lipinski definition) is 3. The number of para-hydroxylation sites is 1. The summed E-state index contributed by atoms with van der Waals surface area (Å²) in [4.78, 5) is 9.95. The van der Waals surface area contributed by atoms with Gasteiger partial charge < -0.3 is 0 Å². The molecule has 0 saturated heterocycles. The summed E-state index contributed by atoms with van der Waals surface area (Å²) in [5.41, 5.74) is 2.03. The van der Waals surface area contributed by atoms with Gasteiger partial charge >= 0.3 is 0 Å². The van der Waals surface area contributed by atoms with Gasteiger partial charge in [0.1, 0.15) is 0 Å². The van der Waals surface area contributed by atoms with Crippen molar-refractivity contribution in [2.45, 2.75) is 6.92 Å². The molecule has 0 atom stereocenters. The molecule has 12 heavy (non-hydrogen) atoms. The molecule has 0 aliphatic carbocycles. The van der Waals surface area contributed by atoms with Gasteiger partial charge in [0.15, 0.2) is 0 Å². The zero-order valence-electron chi connectivity index (χ0n) is 7.57. The zero-order chi connectivity index (χ0) is 8.97. The molecule has 0 N–H and O–H groups in total. The summed E-state index contributed by atoms with van der Waals surface area (Å²) < 4.78 is 0.